The summed E-state index contributed by atoms with van der Waals surface area (Å²) in [6.45, 7) is 7.62. The monoisotopic (exact) mass is 333 g/mol. The minimum absolute atomic E-state index is 0.0163. The van der Waals surface area contributed by atoms with E-state index in [0.717, 1.165) is 19.3 Å². The van der Waals surface area contributed by atoms with Crippen molar-refractivity contribution in [2.24, 2.45) is 17.8 Å². The Hall–Kier alpha value is -0.750. The molecule has 0 saturated carbocycles. The van der Waals surface area contributed by atoms with Gasteiger partial charge in [-0.2, -0.15) is 0 Å². The maximum Gasteiger partial charge on any atom is 0.306 e. The van der Waals surface area contributed by atoms with Crippen LogP contribution < -0.4 is 5.32 Å². The van der Waals surface area contributed by atoms with E-state index in [1.807, 2.05) is 13.8 Å². The van der Waals surface area contributed by atoms with Crippen molar-refractivity contribution >= 4 is 23.6 Å². The van der Waals surface area contributed by atoms with Gasteiger partial charge in [0.25, 0.3) is 0 Å². The van der Waals surface area contributed by atoms with Crippen LogP contribution in [0.25, 0.3) is 0 Å². The molecule has 0 rings (SSSR count). The number of amides is 1. The lowest BCUT2D eigenvalue weighted by Gasteiger charge is -2.27. The van der Waals surface area contributed by atoms with Crippen molar-refractivity contribution in [3.63, 3.8) is 0 Å². The van der Waals surface area contributed by atoms with Gasteiger partial charge in [0.1, 0.15) is 0 Å². The molecule has 0 aliphatic heterocycles. The molecule has 0 aliphatic rings. The molecule has 0 aromatic carbocycles. The number of carbonyl (C=O) groups excluding carboxylic acids is 1. The minimum atomic E-state index is -0.785. The van der Waals surface area contributed by atoms with Crippen LogP contribution in [-0.2, 0) is 9.59 Å². The number of rotatable bonds is 12. The third-order valence-electron chi connectivity index (χ3n) is 3.99. The fourth-order valence-electron chi connectivity index (χ4n) is 2.38. The van der Waals surface area contributed by atoms with E-state index in [4.69, 9.17) is 10.2 Å². The van der Waals surface area contributed by atoms with Crippen LogP contribution in [0.3, 0.4) is 0 Å². The average Bonchev–Trinajstić information content (AvgIpc) is 2.48. The maximum atomic E-state index is 12.1. The Balaban J connectivity index is 4.56. The number of unbranched alkanes of at least 4 members (excludes halogenated alkanes) is 1. The lowest BCUT2D eigenvalue weighted by atomic mass is 9.86. The van der Waals surface area contributed by atoms with Crippen molar-refractivity contribution in [1.29, 1.82) is 0 Å². The number of aliphatic hydroxyl groups is 1. The van der Waals surface area contributed by atoms with E-state index in [-0.39, 0.29) is 29.7 Å². The van der Waals surface area contributed by atoms with Crippen molar-refractivity contribution in [3.05, 3.63) is 0 Å². The first-order valence-electron chi connectivity index (χ1n) is 8.05. The highest BCUT2D eigenvalue weighted by molar-refractivity contribution is 7.99. The van der Waals surface area contributed by atoms with Crippen molar-refractivity contribution in [3.8, 4) is 0 Å². The van der Waals surface area contributed by atoms with Gasteiger partial charge in [-0.15, -0.1) is 11.8 Å². The maximum absolute atomic E-state index is 12.1. The second-order valence-corrected chi connectivity index (χ2v) is 7.08. The SMILES string of the molecule is CCCCC(CC(C)C(=O)O)C(C)NC(=O)C(C)CSCO. The lowest BCUT2D eigenvalue weighted by molar-refractivity contribution is -0.141. The van der Waals surface area contributed by atoms with E-state index >= 15 is 0 Å². The van der Waals surface area contributed by atoms with E-state index in [1.165, 1.54) is 11.8 Å². The first-order chi connectivity index (χ1) is 10.3. The summed E-state index contributed by atoms with van der Waals surface area (Å²) in [5.41, 5.74) is 0. The molecule has 0 heterocycles. The summed E-state index contributed by atoms with van der Waals surface area (Å²) in [6.07, 6.45) is 3.60. The van der Waals surface area contributed by atoms with Crippen LogP contribution in [0.1, 0.15) is 53.4 Å². The summed E-state index contributed by atoms with van der Waals surface area (Å²) < 4.78 is 0. The summed E-state index contributed by atoms with van der Waals surface area (Å²) in [4.78, 5) is 23.2. The predicted molar refractivity (Wildman–Crippen MR) is 90.7 cm³/mol. The summed E-state index contributed by atoms with van der Waals surface area (Å²) in [5, 5.41) is 20.9. The van der Waals surface area contributed by atoms with Gasteiger partial charge in [-0.25, -0.2) is 0 Å². The highest BCUT2D eigenvalue weighted by atomic mass is 32.2. The van der Waals surface area contributed by atoms with Crippen LogP contribution in [0, 0.1) is 17.8 Å². The third-order valence-corrected chi connectivity index (χ3v) is 4.91. The molecule has 0 bridgehead atoms. The fourth-order valence-corrected chi connectivity index (χ4v) is 2.99. The summed E-state index contributed by atoms with van der Waals surface area (Å²) in [5.74, 6) is -0.604. The Morgan fingerprint density at radius 2 is 1.82 bits per heavy atom. The first-order valence-corrected chi connectivity index (χ1v) is 9.20. The number of aliphatic carboxylic acids is 1. The second kappa shape index (κ2) is 11.8. The molecule has 0 saturated heterocycles. The quantitative estimate of drug-likeness (QED) is 0.478. The van der Waals surface area contributed by atoms with Crippen LogP contribution in [0.4, 0.5) is 0 Å². The van der Waals surface area contributed by atoms with Gasteiger partial charge in [0.15, 0.2) is 0 Å². The predicted octanol–water partition coefficient (Wildman–Crippen LogP) is 2.73. The van der Waals surface area contributed by atoms with E-state index in [2.05, 4.69) is 12.2 Å². The molecule has 0 aromatic rings. The van der Waals surface area contributed by atoms with Crippen LogP contribution in [0.2, 0.25) is 0 Å². The van der Waals surface area contributed by atoms with E-state index in [0.29, 0.717) is 12.2 Å². The summed E-state index contributed by atoms with van der Waals surface area (Å²) >= 11 is 1.33. The number of aliphatic hydroxyl groups excluding tert-OH is 1. The molecule has 1 amide bonds. The van der Waals surface area contributed by atoms with Crippen molar-refractivity contribution < 1.29 is 19.8 Å². The Morgan fingerprint density at radius 3 is 2.32 bits per heavy atom. The second-order valence-electron chi connectivity index (χ2n) is 6.08. The number of carboxylic acids is 1. The number of carboxylic acid groups (broad SMARTS) is 1. The lowest BCUT2D eigenvalue weighted by Crippen LogP contribution is -2.42. The summed E-state index contributed by atoms with van der Waals surface area (Å²) in [7, 11) is 0. The highest BCUT2D eigenvalue weighted by Crippen LogP contribution is 2.22. The molecule has 4 atom stereocenters. The van der Waals surface area contributed by atoms with Gasteiger partial charge in [-0.3, -0.25) is 9.59 Å². The molecule has 0 spiro atoms. The van der Waals surface area contributed by atoms with Gasteiger partial charge in [-0.1, -0.05) is 33.6 Å². The zero-order valence-electron chi connectivity index (χ0n) is 14.2. The number of hydrogen-bond acceptors (Lipinski definition) is 4. The van der Waals surface area contributed by atoms with E-state index in [1.54, 1.807) is 6.92 Å². The highest BCUT2D eigenvalue weighted by Gasteiger charge is 2.25. The molecule has 4 unspecified atom stereocenters. The molecule has 3 N–H and O–H groups in total. The largest absolute Gasteiger partial charge is 0.481 e. The standard InChI is InChI=1S/C16H31NO4S/c1-5-6-7-14(8-11(2)16(20)21)13(4)17-15(19)12(3)9-22-10-18/h11-14,18H,5-10H2,1-4H3,(H,17,19)(H,20,21). The van der Waals surface area contributed by atoms with Gasteiger partial charge < -0.3 is 15.5 Å². The fraction of sp³-hybridized carbons (Fsp3) is 0.875. The Kier molecular flexibility index (Phi) is 11.4. The molecule has 22 heavy (non-hydrogen) atoms. The van der Waals surface area contributed by atoms with Crippen LogP contribution in [0.15, 0.2) is 0 Å². The van der Waals surface area contributed by atoms with Gasteiger partial charge in [-0.05, 0) is 25.7 Å². The normalized spacial score (nSPS) is 16.6. The molecule has 5 nitrogen and oxygen atoms in total. The van der Waals surface area contributed by atoms with Crippen molar-refractivity contribution in [2.75, 3.05) is 11.7 Å². The number of carbonyl (C=O) groups is 2. The van der Waals surface area contributed by atoms with Crippen molar-refractivity contribution in [2.45, 2.75) is 59.4 Å². The van der Waals surface area contributed by atoms with E-state index < -0.39 is 11.9 Å². The molecular weight excluding hydrogens is 302 g/mol. The van der Waals surface area contributed by atoms with Crippen LogP contribution in [0.5, 0.6) is 0 Å². The molecule has 0 fully saturated rings. The Bertz CT molecular complexity index is 338. The molecule has 130 valence electrons. The van der Waals surface area contributed by atoms with Gasteiger partial charge >= 0.3 is 5.97 Å². The smallest absolute Gasteiger partial charge is 0.306 e. The Labute approximate surface area is 138 Å². The number of nitrogens with one attached hydrogen (secondary N) is 1. The van der Waals surface area contributed by atoms with Gasteiger partial charge in [0, 0.05) is 17.7 Å². The van der Waals surface area contributed by atoms with Gasteiger partial charge in [0.05, 0.1) is 11.9 Å². The average molecular weight is 333 g/mol. The zero-order chi connectivity index (χ0) is 17.1. The third kappa shape index (κ3) is 8.63. The molecule has 6 heteroatoms. The molecule has 0 radical (unpaired) electrons. The zero-order valence-corrected chi connectivity index (χ0v) is 15.0. The van der Waals surface area contributed by atoms with Gasteiger partial charge in [0.2, 0.25) is 5.91 Å². The molecular formula is C16H31NO4S. The minimum Gasteiger partial charge on any atom is -0.481 e. The van der Waals surface area contributed by atoms with Crippen LogP contribution in [-0.4, -0.2) is 39.8 Å². The first kappa shape index (κ1) is 21.2. The summed E-state index contributed by atoms with van der Waals surface area (Å²) in [6, 6.07) is -0.0394. The molecule has 0 aliphatic carbocycles. The van der Waals surface area contributed by atoms with Crippen LogP contribution >= 0.6 is 11.8 Å². The Morgan fingerprint density at radius 1 is 1.18 bits per heavy atom. The number of thioether (sulfide) groups is 1. The van der Waals surface area contributed by atoms with E-state index in [9.17, 15) is 9.59 Å². The van der Waals surface area contributed by atoms with Crippen molar-refractivity contribution in [1.82, 2.24) is 5.32 Å². The molecule has 0 aromatic heterocycles. The number of hydrogen-bond donors (Lipinski definition) is 3. The topological polar surface area (TPSA) is 86.6 Å².